The van der Waals surface area contributed by atoms with Gasteiger partial charge in [-0.15, -0.1) is 0 Å². The summed E-state index contributed by atoms with van der Waals surface area (Å²) in [6.07, 6.45) is 2.34. The second kappa shape index (κ2) is 8.41. The first kappa shape index (κ1) is 17.9. The Kier molecular flexibility index (Phi) is 6.54. The zero-order valence-corrected chi connectivity index (χ0v) is 15.4. The van der Waals surface area contributed by atoms with E-state index in [0.717, 1.165) is 40.0 Å². The lowest BCUT2D eigenvalue weighted by Crippen LogP contribution is -2.18. The Labute approximate surface area is 145 Å². The first-order chi connectivity index (χ1) is 11.0. The molecular weight excluding hydrogens is 356 g/mol. The molecule has 5 heteroatoms. The highest BCUT2D eigenvalue weighted by Gasteiger charge is 2.16. The minimum Gasteiger partial charge on any atom is -0.441 e. The second-order valence-electron chi connectivity index (χ2n) is 5.61. The van der Waals surface area contributed by atoms with Crippen LogP contribution in [0.25, 0.3) is 11.5 Å². The van der Waals surface area contributed by atoms with Gasteiger partial charge in [-0.1, -0.05) is 22.9 Å². The van der Waals surface area contributed by atoms with Gasteiger partial charge in [0, 0.05) is 28.8 Å². The van der Waals surface area contributed by atoms with Gasteiger partial charge in [-0.2, -0.15) is 0 Å². The molecule has 0 saturated heterocycles. The lowest BCUT2D eigenvalue weighted by Gasteiger charge is -2.14. The van der Waals surface area contributed by atoms with Gasteiger partial charge in [0.1, 0.15) is 5.76 Å². The molecule has 0 aliphatic rings. The van der Waals surface area contributed by atoms with E-state index >= 15 is 0 Å². The van der Waals surface area contributed by atoms with E-state index in [1.54, 1.807) is 7.11 Å². The number of hydrogen-bond acceptors (Lipinski definition) is 4. The molecule has 1 heterocycles. The molecule has 1 aromatic heterocycles. The van der Waals surface area contributed by atoms with E-state index < -0.39 is 0 Å². The van der Waals surface area contributed by atoms with E-state index in [1.807, 2.05) is 31.2 Å². The molecule has 1 aromatic carbocycles. The molecular formula is C18H23BrN2O2. The maximum absolute atomic E-state index is 8.22. The Balaban J connectivity index is 2.04. The Bertz CT molecular complexity index is 650. The Morgan fingerprint density at radius 1 is 1.35 bits per heavy atom. The fourth-order valence-electron chi connectivity index (χ4n) is 2.50. The van der Waals surface area contributed by atoms with Crippen LogP contribution in [0.3, 0.4) is 0 Å². The summed E-state index contributed by atoms with van der Waals surface area (Å²) >= 11 is 3.43. The van der Waals surface area contributed by atoms with Crippen LogP contribution in [-0.2, 0) is 11.2 Å². The number of hydrogen-bond donors (Lipinski definition) is 1. The second-order valence-corrected chi connectivity index (χ2v) is 6.53. The maximum atomic E-state index is 8.22. The van der Waals surface area contributed by atoms with Crippen molar-refractivity contribution in [2.75, 3.05) is 13.7 Å². The van der Waals surface area contributed by atoms with Crippen LogP contribution >= 0.6 is 15.9 Å². The summed E-state index contributed by atoms with van der Waals surface area (Å²) in [5.41, 5.74) is 2.62. The van der Waals surface area contributed by atoms with Crippen molar-refractivity contribution < 1.29 is 9.15 Å². The van der Waals surface area contributed by atoms with Gasteiger partial charge in [0.15, 0.2) is 0 Å². The summed E-state index contributed by atoms with van der Waals surface area (Å²) in [6.45, 7) is 4.63. The molecule has 0 radical (unpaired) electrons. The van der Waals surface area contributed by atoms with Crippen LogP contribution < -0.4 is 0 Å². The third-order valence-electron chi connectivity index (χ3n) is 3.97. The summed E-state index contributed by atoms with van der Waals surface area (Å²) in [7, 11) is 1.68. The van der Waals surface area contributed by atoms with E-state index in [0.29, 0.717) is 18.9 Å². The van der Waals surface area contributed by atoms with Gasteiger partial charge in [0.25, 0.3) is 0 Å². The summed E-state index contributed by atoms with van der Waals surface area (Å²) in [6, 6.07) is 7.90. The van der Waals surface area contributed by atoms with Crippen molar-refractivity contribution in [3.8, 4) is 11.5 Å². The van der Waals surface area contributed by atoms with Crippen molar-refractivity contribution in [1.82, 2.24) is 4.98 Å². The lowest BCUT2D eigenvalue weighted by atomic mass is 9.97. The highest BCUT2D eigenvalue weighted by atomic mass is 79.9. The molecule has 0 fully saturated rings. The van der Waals surface area contributed by atoms with Gasteiger partial charge in [0.2, 0.25) is 5.89 Å². The number of ether oxygens (including phenoxy) is 1. The van der Waals surface area contributed by atoms with Gasteiger partial charge < -0.3 is 14.6 Å². The predicted molar refractivity (Wildman–Crippen MR) is 96.1 cm³/mol. The fraction of sp³-hybridized carbons (Fsp3) is 0.444. The van der Waals surface area contributed by atoms with Gasteiger partial charge in [-0.25, -0.2) is 4.98 Å². The first-order valence-electron chi connectivity index (χ1n) is 7.83. The summed E-state index contributed by atoms with van der Waals surface area (Å²) < 4.78 is 12.0. The molecule has 0 spiro atoms. The number of aromatic nitrogens is 1. The van der Waals surface area contributed by atoms with Crippen LogP contribution in [-0.4, -0.2) is 24.4 Å². The molecule has 0 saturated carbocycles. The van der Waals surface area contributed by atoms with E-state index in [2.05, 4.69) is 27.8 Å². The molecule has 0 unspecified atom stereocenters. The van der Waals surface area contributed by atoms with Crippen LogP contribution in [0, 0.1) is 18.3 Å². The van der Waals surface area contributed by atoms with Crippen LogP contribution in [0.15, 0.2) is 33.2 Å². The maximum Gasteiger partial charge on any atom is 0.226 e. The van der Waals surface area contributed by atoms with Crippen molar-refractivity contribution in [2.24, 2.45) is 5.92 Å². The number of oxazole rings is 1. The molecule has 2 aromatic rings. The highest BCUT2D eigenvalue weighted by Crippen LogP contribution is 2.24. The average molecular weight is 379 g/mol. The predicted octanol–water partition coefficient (Wildman–Crippen LogP) is 5.04. The van der Waals surface area contributed by atoms with Gasteiger partial charge >= 0.3 is 0 Å². The lowest BCUT2D eigenvalue weighted by molar-refractivity contribution is 0.173. The topological polar surface area (TPSA) is 59.1 Å². The van der Waals surface area contributed by atoms with E-state index in [9.17, 15) is 0 Å². The fourth-order valence-corrected chi connectivity index (χ4v) is 2.76. The molecule has 1 N–H and O–H groups in total. The highest BCUT2D eigenvalue weighted by molar-refractivity contribution is 9.10. The minimum absolute atomic E-state index is 0.193. The number of methoxy groups -OCH3 is 1. The van der Waals surface area contributed by atoms with Gasteiger partial charge in [-0.3, -0.25) is 0 Å². The largest absolute Gasteiger partial charge is 0.441 e. The van der Waals surface area contributed by atoms with Gasteiger partial charge in [0.05, 0.1) is 12.3 Å². The number of aryl methyl sites for hydroxylation is 2. The molecule has 0 bridgehead atoms. The van der Waals surface area contributed by atoms with E-state index in [-0.39, 0.29) is 5.92 Å². The Hall–Kier alpha value is -1.46. The molecule has 124 valence electrons. The monoisotopic (exact) mass is 378 g/mol. The zero-order chi connectivity index (χ0) is 16.8. The van der Waals surface area contributed by atoms with Gasteiger partial charge in [-0.05, 0) is 50.5 Å². The molecule has 4 nitrogen and oxygen atoms in total. The van der Waals surface area contributed by atoms with Crippen molar-refractivity contribution in [1.29, 1.82) is 5.41 Å². The molecule has 1 atom stereocenters. The van der Waals surface area contributed by atoms with Crippen LogP contribution in [0.1, 0.15) is 31.2 Å². The van der Waals surface area contributed by atoms with Crippen molar-refractivity contribution >= 4 is 21.6 Å². The molecule has 0 aliphatic heterocycles. The van der Waals surface area contributed by atoms with Crippen LogP contribution in [0.4, 0.5) is 0 Å². The smallest absolute Gasteiger partial charge is 0.226 e. The Morgan fingerprint density at radius 2 is 2.04 bits per heavy atom. The molecule has 2 rings (SSSR count). The van der Waals surface area contributed by atoms with Crippen LogP contribution in [0.5, 0.6) is 0 Å². The molecule has 23 heavy (non-hydrogen) atoms. The van der Waals surface area contributed by atoms with Crippen molar-refractivity contribution in [3.05, 3.63) is 40.2 Å². The van der Waals surface area contributed by atoms with E-state index in [4.69, 9.17) is 14.6 Å². The summed E-state index contributed by atoms with van der Waals surface area (Å²) in [4.78, 5) is 4.60. The SMILES string of the molecule is CC[C@H](COC)C(=N)CCc1nc(-c2ccc(Br)cc2)oc1C. The van der Waals surface area contributed by atoms with Crippen molar-refractivity contribution in [3.63, 3.8) is 0 Å². The van der Waals surface area contributed by atoms with Crippen molar-refractivity contribution in [2.45, 2.75) is 33.1 Å². The number of halogens is 1. The third kappa shape index (κ3) is 4.75. The standard InChI is InChI=1S/C18H23BrN2O2/c1-4-13(11-22-3)16(20)9-10-17-12(2)23-18(21-17)14-5-7-15(19)8-6-14/h5-8,13,20H,4,9-11H2,1-3H3/t13-/m1/s1. The number of benzene rings is 1. The van der Waals surface area contributed by atoms with Crippen LogP contribution in [0.2, 0.25) is 0 Å². The first-order valence-corrected chi connectivity index (χ1v) is 8.63. The quantitative estimate of drug-likeness (QED) is 0.654. The number of rotatable bonds is 8. The minimum atomic E-state index is 0.193. The summed E-state index contributed by atoms with van der Waals surface area (Å²) in [5, 5.41) is 8.22. The number of nitrogens with one attached hydrogen (secondary N) is 1. The molecule has 0 aliphatic carbocycles. The Morgan fingerprint density at radius 3 is 2.65 bits per heavy atom. The third-order valence-corrected chi connectivity index (χ3v) is 4.50. The van der Waals surface area contributed by atoms with E-state index in [1.165, 1.54) is 0 Å². The normalized spacial score (nSPS) is 12.3. The number of nitrogens with zero attached hydrogens (tertiary/aromatic N) is 1. The summed E-state index contributed by atoms with van der Waals surface area (Å²) in [5.74, 6) is 1.66. The zero-order valence-electron chi connectivity index (χ0n) is 13.9. The average Bonchev–Trinajstić information content (AvgIpc) is 2.92. The molecule has 0 amide bonds.